The molecular weight excluding hydrogens is 461 g/mol. The van der Waals surface area contributed by atoms with Gasteiger partial charge in [-0.3, -0.25) is 0 Å². The first kappa shape index (κ1) is 22.0. The lowest BCUT2D eigenvalue weighted by molar-refractivity contribution is -0.141. The molecule has 1 heterocycles. The van der Waals surface area contributed by atoms with Gasteiger partial charge in [0, 0.05) is 13.1 Å². The number of pyridine rings is 1. The Bertz CT molecular complexity index is 928. The van der Waals surface area contributed by atoms with Crippen LogP contribution >= 0.6 is 15.9 Å². The Morgan fingerprint density at radius 3 is 1.70 bits per heavy atom. The minimum atomic E-state index is -4.52. The Balaban J connectivity index is 1.92. The fourth-order valence-electron chi connectivity index (χ4n) is 2.95. The van der Waals surface area contributed by atoms with Crippen molar-refractivity contribution in [2.45, 2.75) is 19.3 Å². The van der Waals surface area contributed by atoms with Gasteiger partial charge in [-0.2, -0.15) is 13.2 Å². The van der Waals surface area contributed by atoms with Crippen LogP contribution in [0.4, 0.5) is 18.9 Å². The van der Waals surface area contributed by atoms with Crippen molar-refractivity contribution in [2.24, 2.45) is 0 Å². The van der Waals surface area contributed by atoms with Crippen molar-refractivity contribution >= 4 is 21.6 Å². The highest BCUT2D eigenvalue weighted by atomic mass is 79.9. The number of methoxy groups -OCH3 is 2. The molecule has 8 heteroatoms. The van der Waals surface area contributed by atoms with Crippen molar-refractivity contribution in [2.75, 3.05) is 19.1 Å². The third kappa shape index (κ3) is 5.44. The van der Waals surface area contributed by atoms with Crippen LogP contribution in [-0.4, -0.2) is 19.2 Å². The van der Waals surface area contributed by atoms with E-state index in [1.54, 1.807) is 14.2 Å². The number of ether oxygens (including phenoxy) is 2. The van der Waals surface area contributed by atoms with Crippen molar-refractivity contribution in [3.8, 4) is 11.5 Å². The highest BCUT2D eigenvalue weighted by Gasteiger charge is 2.35. The third-order valence-corrected chi connectivity index (χ3v) is 5.13. The zero-order chi connectivity index (χ0) is 21.7. The lowest BCUT2D eigenvalue weighted by Gasteiger charge is -2.26. The predicted molar refractivity (Wildman–Crippen MR) is 113 cm³/mol. The molecule has 0 spiro atoms. The van der Waals surface area contributed by atoms with Crippen LogP contribution < -0.4 is 14.4 Å². The number of nitrogens with zero attached hydrogens (tertiary/aromatic N) is 2. The van der Waals surface area contributed by atoms with E-state index in [2.05, 4.69) is 20.9 Å². The van der Waals surface area contributed by atoms with Crippen LogP contribution in [-0.2, 0) is 19.3 Å². The van der Waals surface area contributed by atoms with Crippen LogP contribution in [0.15, 0.2) is 65.3 Å². The van der Waals surface area contributed by atoms with E-state index in [4.69, 9.17) is 9.47 Å². The second kappa shape index (κ2) is 9.38. The minimum Gasteiger partial charge on any atom is -0.497 e. The largest absolute Gasteiger partial charge is 0.497 e. The first-order valence-corrected chi connectivity index (χ1v) is 9.83. The molecule has 0 atom stereocenters. The molecule has 3 aromatic rings. The SMILES string of the molecule is COc1ccc(CN(Cc2ccc(OC)cc2)c2cnc(C(F)(F)F)c(Br)c2)cc1. The topological polar surface area (TPSA) is 34.6 Å². The van der Waals surface area contributed by atoms with Crippen LogP contribution in [0.25, 0.3) is 0 Å². The summed E-state index contributed by atoms with van der Waals surface area (Å²) in [7, 11) is 3.19. The van der Waals surface area contributed by atoms with Crippen LogP contribution in [0.5, 0.6) is 11.5 Å². The van der Waals surface area contributed by atoms with Gasteiger partial charge in [0.05, 0.1) is 30.6 Å². The lowest BCUT2D eigenvalue weighted by Crippen LogP contribution is -2.23. The summed E-state index contributed by atoms with van der Waals surface area (Å²) in [6, 6.07) is 16.5. The van der Waals surface area contributed by atoms with E-state index in [9.17, 15) is 13.2 Å². The van der Waals surface area contributed by atoms with Crippen LogP contribution in [0.3, 0.4) is 0 Å². The normalized spacial score (nSPS) is 11.3. The Morgan fingerprint density at radius 2 is 1.33 bits per heavy atom. The molecule has 3 rings (SSSR count). The van der Waals surface area contributed by atoms with Crippen LogP contribution in [0.2, 0.25) is 0 Å². The van der Waals surface area contributed by atoms with Crippen molar-refractivity contribution < 1.29 is 22.6 Å². The molecule has 0 radical (unpaired) electrons. The standard InChI is InChI=1S/C22H20BrF3N2O2/c1-29-18-7-3-15(4-8-18)13-28(14-16-5-9-19(30-2)10-6-16)17-11-20(23)21(27-12-17)22(24,25)26/h3-12H,13-14H2,1-2H3. The van der Waals surface area contributed by atoms with E-state index >= 15 is 0 Å². The maximum absolute atomic E-state index is 13.1. The molecule has 4 nitrogen and oxygen atoms in total. The summed E-state index contributed by atoms with van der Waals surface area (Å²) < 4.78 is 49.5. The number of halogens is 4. The quantitative estimate of drug-likeness (QED) is 0.409. The average molecular weight is 481 g/mol. The molecule has 0 aliphatic rings. The molecule has 0 saturated carbocycles. The number of benzene rings is 2. The van der Waals surface area contributed by atoms with Crippen LogP contribution in [0.1, 0.15) is 16.8 Å². The molecular formula is C22H20BrF3N2O2. The van der Waals surface area contributed by atoms with Gasteiger partial charge in [0.1, 0.15) is 11.5 Å². The molecule has 158 valence electrons. The molecule has 0 N–H and O–H groups in total. The molecule has 0 saturated heterocycles. The van der Waals surface area contributed by atoms with Crippen molar-refractivity contribution in [1.29, 1.82) is 0 Å². The first-order chi connectivity index (χ1) is 14.3. The van der Waals surface area contributed by atoms with E-state index in [-0.39, 0.29) is 4.47 Å². The maximum Gasteiger partial charge on any atom is 0.434 e. The minimum absolute atomic E-state index is 0.0954. The van der Waals surface area contributed by atoms with Crippen molar-refractivity contribution in [3.05, 3.63) is 82.1 Å². The number of hydrogen-bond acceptors (Lipinski definition) is 4. The first-order valence-electron chi connectivity index (χ1n) is 9.03. The van der Waals surface area contributed by atoms with Gasteiger partial charge >= 0.3 is 6.18 Å². The van der Waals surface area contributed by atoms with Gasteiger partial charge in [-0.1, -0.05) is 24.3 Å². The Kier molecular flexibility index (Phi) is 6.87. The van der Waals surface area contributed by atoms with Gasteiger partial charge in [-0.25, -0.2) is 4.98 Å². The zero-order valence-electron chi connectivity index (χ0n) is 16.4. The summed E-state index contributed by atoms with van der Waals surface area (Å²) in [6.07, 6.45) is -3.27. The van der Waals surface area contributed by atoms with E-state index in [1.807, 2.05) is 53.4 Å². The molecule has 0 aliphatic heterocycles. The van der Waals surface area contributed by atoms with Gasteiger partial charge in [0.25, 0.3) is 0 Å². The average Bonchev–Trinajstić information content (AvgIpc) is 2.73. The smallest absolute Gasteiger partial charge is 0.434 e. The number of rotatable bonds is 7. The lowest BCUT2D eigenvalue weighted by atomic mass is 10.1. The number of alkyl halides is 3. The van der Waals surface area contributed by atoms with Gasteiger partial charge in [0.15, 0.2) is 5.69 Å². The van der Waals surface area contributed by atoms with Gasteiger partial charge in [-0.05, 0) is 57.4 Å². The summed E-state index contributed by atoms with van der Waals surface area (Å²) in [6.45, 7) is 0.963. The fourth-order valence-corrected chi connectivity index (χ4v) is 3.51. The Hall–Kier alpha value is -2.74. The van der Waals surface area contributed by atoms with E-state index in [1.165, 1.54) is 12.3 Å². The Labute approximate surface area is 181 Å². The summed E-state index contributed by atoms with van der Waals surface area (Å²) in [5.74, 6) is 1.47. The van der Waals surface area contributed by atoms with E-state index < -0.39 is 11.9 Å². The number of anilines is 1. The second-order valence-electron chi connectivity index (χ2n) is 6.57. The summed E-state index contributed by atoms with van der Waals surface area (Å²) in [4.78, 5) is 5.61. The van der Waals surface area contributed by atoms with E-state index in [0.717, 1.165) is 22.6 Å². The van der Waals surface area contributed by atoms with Crippen molar-refractivity contribution in [1.82, 2.24) is 4.98 Å². The second-order valence-corrected chi connectivity index (χ2v) is 7.43. The summed E-state index contributed by atoms with van der Waals surface area (Å²) >= 11 is 3.02. The fraction of sp³-hybridized carbons (Fsp3) is 0.227. The number of aromatic nitrogens is 1. The molecule has 1 aromatic heterocycles. The zero-order valence-corrected chi connectivity index (χ0v) is 18.0. The van der Waals surface area contributed by atoms with E-state index in [0.29, 0.717) is 18.8 Å². The molecule has 0 bridgehead atoms. The predicted octanol–water partition coefficient (Wildman–Crippen LogP) is 6.09. The van der Waals surface area contributed by atoms with Gasteiger partial charge in [-0.15, -0.1) is 0 Å². The van der Waals surface area contributed by atoms with Gasteiger partial charge < -0.3 is 14.4 Å². The maximum atomic E-state index is 13.1. The molecule has 30 heavy (non-hydrogen) atoms. The number of hydrogen-bond donors (Lipinski definition) is 0. The monoisotopic (exact) mass is 480 g/mol. The summed E-state index contributed by atoms with van der Waals surface area (Å²) in [5.41, 5.74) is 1.60. The summed E-state index contributed by atoms with van der Waals surface area (Å²) in [5, 5.41) is 0. The van der Waals surface area contributed by atoms with Crippen molar-refractivity contribution in [3.63, 3.8) is 0 Å². The molecule has 0 amide bonds. The molecule has 0 aliphatic carbocycles. The highest BCUT2D eigenvalue weighted by Crippen LogP contribution is 2.35. The molecule has 2 aromatic carbocycles. The highest BCUT2D eigenvalue weighted by molar-refractivity contribution is 9.10. The molecule has 0 fully saturated rings. The molecule has 0 unspecified atom stereocenters. The van der Waals surface area contributed by atoms with Crippen LogP contribution in [0, 0.1) is 0 Å². The third-order valence-electron chi connectivity index (χ3n) is 4.53. The van der Waals surface area contributed by atoms with Gasteiger partial charge in [0.2, 0.25) is 0 Å². The Morgan fingerprint density at radius 1 is 0.867 bits per heavy atom.